The molecule has 2 aliphatic heterocycles. The number of nitrogens with one attached hydrogen (secondary N) is 1. The predicted molar refractivity (Wildman–Crippen MR) is 110 cm³/mol. The van der Waals surface area contributed by atoms with Crippen LogP contribution in [0.4, 0.5) is 5.69 Å². The Labute approximate surface area is 168 Å². The number of hydrogen-bond donors (Lipinski definition) is 1. The summed E-state index contributed by atoms with van der Waals surface area (Å²) in [6.07, 6.45) is 2.97. The van der Waals surface area contributed by atoms with Gasteiger partial charge >= 0.3 is 0 Å². The number of thioether (sulfide) groups is 1. The van der Waals surface area contributed by atoms with Crippen molar-refractivity contribution >= 4 is 45.2 Å². The molecule has 26 heavy (non-hydrogen) atoms. The molecule has 0 radical (unpaired) electrons. The van der Waals surface area contributed by atoms with E-state index in [1.165, 1.54) is 31.1 Å². The van der Waals surface area contributed by atoms with Crippen LogP contribution in [0.3, 0.4) is 0 Å². The van der Waals surface area contributed by atoms with Crippen molar-refractivity contribution in [2.45, 2.75) is 38.3 Å². The standard InChI is InChI=1S/C19H26BrN3O2S/c1-14-11-22-9-2-3-17(22)12-23(14)19(25)8-10-26-13-18(24)21-16-6-4-15(20)5-7-16/h4-7,14,17H,2-3,8-13H2,1H3,(H,21,24). The normalized spacial score (nSPS) is 22.9. The van der Waals surface area contributed by atoms with Gasteiger partial charge in [0, 0.05) is 47.5 Å². The van der Waals surface area contributed by atoms with Crippen LogP contribution in [0.15, 0.2) is 28.7 Å². The zero-order valence-electron chi connectivity index (χ0n) is 15.1. The topological polar surface area (TPSA) is 52.7 Å². The van der Waals surface area contributed by atoms with Crippen LogP contribution in [0.25, 0.3) is 0 Å². The van der Waals surface area contributed by atoms with Gasteiger partial charge in [-0.2, -0.15) is 11.8 Å². The van der Waals surface area contributed by atoms with E-state index in [1.807, 2.05) is 24.3 Å². The molecule has 2 saturated heterocycles. The molecule has 2 heterocycles. The van der Waals surface area contributed by atoms with E-state index in [9.17, 15) is 9.59 Å². The van der Waals surface area contributed by atoms with Crippen molar-refractivity contribution in [2.75, 3.05) is 36.5 Å². The van der Waals surface area contributed by atoms with Crippen molar-refractivity contribution in [1.82, 2.24) is 9.80 Å². The lowest BCUT2D eigenvalue weighted by atomic mass is 10.1. The summed E-state index contributed by atoms with van der Waals surface area (Å²) in [5, 5.41) is 2.87. The van der Waals surface area contributed by atoms with Gasteiger partial charge in [-0.1, -0.05) is 15.9 Å². The maximum atomic E-state index is 12.6. The molecule has 0 spiro atoms. The van der Waals surface area contributed by atoms with Gasteiger partial charge in [0.1, 0.15) is 0 Å². The molecule has 0 aromatic heterocycles. The Morgan fingerprint density at radius 1 is 1.27 bits per heavy atom. The summed E-state index contributed by atoms with van der Waals surface area (Å²) in [5.41, 5.74) is 0.790. The second-order valence-corrected chi connectivity index (χ2v) is 9.06. The second kappa shape index (κ2) is 9.24. The maximum absolute atomic E-state index is 12.6. The van der Waals surface area contributed by atoms with Crippen molar-refractivity contribution in [3.05, 3.63) is 28.7 Å². The molecule has 2 amide bonds. The highest BCUT2D eigenvalue weighted by Crippen LogP contribution is 2.25. The predicted octanol–water partition coefficient (Wildman–Crippen LogP) is 3.21. The van der Waals surface area contributed by atoms with Gasteiger partial charge in [0.05, 0.1) is 5.75 Å². The van der Waals surface area contributed by atoms with Crippen molar-refractivity contribution in [3.8, 4) is 0 Å². The number of nitrogens with zero attached hydrogens (tertiary/aromatic N) is 2. The third-order valence-electron chi connectivity index (χ3n) is 5.08. The van der Waals surface area contributed by atoms with Gasteiger partial charge in [0.25, 0.3) is 0 Å². The summed E-state index contributed by atoms with van der Waals surface area (Å²) in [7, 11) is 0. The first-order valence-corrected chi connectivity index (χ1v) is 11.1. The highest BCUT2D eigenvalue weighted by Gasteiger charge is 2.36. The lowest BCUT2D eigenvalue weighted by molar-refractivity contribution is -0.136. The zero-order chi connectivity index (χ0) is 18.5. The number of carbonyl (C=O) groups excluding carboxylic acids is 2. The highest BCUT2D eigenvalue weighted by molar-refractivity contribution is 9.10. The van der Waals surface area contributed by atoms with E-state index in [-0.39, 0.29) is 11.8 Å². The minimum absolute atomic E-state index is 0.0299. The second-order valence-electron chi connectivity index (χ2n) is 7.04. The first kappa shape index (κ1) is 19.7. The third kappa shape index (κ3) is 5.24. The van der Waals surface area contributed by atoms with E-state index < -0.39 is 0 Å². The Balaban J connectivity index is 1.35. The summed E-state index contributed by atoms with van der Waals surface area (Å²) in [6, 6.07) is 8.36. The fraction of sp³-hybridized carbons (Fsp3) is 0.579. The van der Waals surface area contributed by atoms with Gasteiger partial charge in [0.2, 0.25) is 11.8 Å². The van der Waals surface area contributed by atoms with Crippen LogP contribution >= 0.6 is 27.7 Å². The number of anilines is 1. The number of benzene rings is 1. The molecule has 1 aromatic rings. The largest absolute Gasteiger partial charge is 0.337 e. The van der Waals surface area contributed by atoms with E-state index in [0.717, 1.165) is 23.2 Å². The molecule has 142 valence electrons. The molecule has 2 aliphatic rings. The molecule has 0 saturated carbocycles. The van der Waals surface area contributed by atoms with Crippen molar-refractivity contribution in [2.24, 2.45) is 0 Å². The SMILES string of the molecule is CC1CN2CCCC2CN1C(=O)CCSCC(=O)Nc1ccc(Br)cc1. The monoisotopic (exact) mass is 439 g/mol. The van der Waals surface area contributed by atoms with Crippen LogP contribution in [0, 0.1) is 0 Å². The number of amides is 2. The molecular weight excluding hydrogens is 414 g/mol. The molecule has 1 aromatic carbocycles. The van der Waals surface area contributed by atoms with Crippen LogP contribution in [-0.4, -0.2) is 64.8 Å². The van der Waals surface area contributed by atoms with E-state index >= 15 is 0 Å². The molecule has 0 aliphatic carbocycles. The number of hydrogen-bond acceptors (Lipinski definition) is 4. The first-order chi connectivity index (χ1) is 12.5. The van der Waals surface area contributed by atoms with Gasteiger partial charge in [-0.3, -0.25) is 14.5 Å². The molecule has 5 nitrogen and oxygen atoms in total. The molecule has 7 heteroatoms. The number of rotatable bonds is 6. The molecule has 1 N–H and O–H groups in total. The van der Waals surface area contributed by atoms with Crippen LogP contribution < -0.4 is 5.32 Å². The molecule has 2 unspecified atom stereocenters. The van der Waals surface area contributed by atoms with Crippen LogP contribution in [-0.2, 0) is 9.59 Å². The fourth-order valence-corrected chi connectivity index (χ4v) is 4.72. The summed E-state index contributed by atoms with van der Waals surface area (Å²) >= 11 is 4.89. The van der Waals surface area contributed by atoms with Gasteiger partial charge in [-0.05, 0) is 50.6 Å². The first-order valence-electron chi connectivity index (χ1n) is 9.19. The van der Waals surface area contributed by atoms with Gasteiger partial charge < -0.3 is 10.2 Å². The van der Waals surface area contributed by atoms with Crippen molar-refractivity contribution in [3.63, 3.8) is 0 Å². The Kier molecular flexibility index (Phi) is 7.00. The van der Waals surface area contributed by atoms with Gasteiger partial charge in [-0.25, -0.2) is 0 Å². The lowest BCUT2D eigenvalue weighted by Crippen LogP contribution is -2.56. The smallest absolute Gasteiger partial charge is 0.234 e. The summed E-state index contributed by atoms with van der Waals surface area (Å²) < 4.78 is 0.982. The summed E-state index contributed by atoms with van der Waals surface area (Å²) in [6.45, 7) is 5.19. The zero-order valence-corrected chi connectivity index (χ0v) is 17.5. The Morgan fingerprint density at radius 3 is 2.81 bits per heavy atom. The Bertz CT molecular complexity index is 640. The number of carbonyl (C=O) groups is 2. The summed E-state index contributed by atoms with van der Waals surface area (Å²) in [5.74, 6) is 1.25. The van der Waals surface area contributed by atoms with Gasteiger partial charge in [-0.15, -0.1) is 0 Å². The van der Waals surface area contributed by atoms with Gasteiger partial charge in [0.15, 0.2) is 0 Å². The van der Waals surface area contributed by atoms with E-state index in [0.29, 0.717) is 30.0 Å². The molecule has 3 rings (SSSR count). The van der Waals surface area contributed by atoms with Crippen molar-refractivity contribution in [1.29, 1.82) is 0 Å². The van der Waals surface area contributed by atoms with E-state index in [4.69, 9.17) is 0 Å². The molecular formula is C19H26BrN3O2S. The Morgan fingerprint density at radius 2 is 2.04 bits per heavy atom. The quantitative estimate of drug-likeness (QED) is 0.691. The third-order valence-corrected chi connectivity index (χ3v) is 6.57. The van der Waals surface area contributed by atoms with Crippen LogP contribution in [0.2, 0.25) is 0 Å². The van der Waals surface area contributed by atoms with E-state index in [2.05, 4.69) is 38.0 Å². The average molecular weight is 440 g/mol. The minimum atomic E-state index is -0.0299. The number of fused-ring (bicyclic) bond motifs is 1. The lowest BCUT2D eigenvalue weighted by Gasteiger charge is -2.42. The summed E-state index contributed by atoms with van der Waals surface area (Å²) in [4.78, 5) is 29.1. The molecule has 2 fully saturated rings. The van der Waals surface area contributed by atoms with Crippen molar-refractivity contribution < 1.29 is 9.59 Å². The molecule has 2 atom stereocenters. The Hall–Kier alpha value is -1.05. The minimum Gasteiger partial charge on any atom is -0.337 e. The van der Waals surface area contributed by atoms with Crippen LogP contribution in [0.1, 0.15) is 26.2 Å². The fourth-order valence-electron chi connectivity index (χ4n) is 3.73. The van der Waals surface area contributed by atoms with E-state index in [1.54, 1.807) is 0 Å². The number of piperazine rings is 1. The molecule has 0 bridgehead atoms. The average Bonchev–Trinajstić information content (AvgIpc) is 3.07. The van der Waals surface area contributed by atoms with Crippen LogP contribution in [0.5, 0.6) is 0 Å². The maximum Gasteiger partial charge on any atom is 0.234 e. The highest BCUT2D eigenvalue weighted by atomic mass is 79.9. The number of halogens is 1.